The highest BCUT2D eigenvalue weighted by Crippen LogP contribution is 2.35. The Bertz CT molecular complexity index is 773. The first-order valence-electron chi connectivity index (χ1n) is 8.25. The lowest BCUT2D eigenvalue weighted by Gasteiger charge is -2.19. The van der Waals surface area contributed by atoms with Crippen molar-refractivity contribution in [3.63, 3.8) is 0 Å². The number of aryl methyl sites for hydroxylation is 1. The molecule has 1 aromatic heterocycles. The Morgan fingerprint density at radius 1 is 1.20 bits per heavy atom. The zero-order chi connectivity index (χ0) is 18.4. The van der Waals surface area contributed by atoms with Gasteiger partial charge in [0.15, 0.2) is 5.78 Å². The number of urea groups is 1. The van der Waals surface area contributed by atoms with Crippen molar-refractivity contribution in [3.05, 3.63) is 22.5 Å². The molecule has 0 atom stereocenters. The van der Waals surface area contributed by atoms with Crippen LogP contribution in [0.2, 0.25) is 0 Å². The molecular weight excluding hydrogens is 326 g/mol. The SMILES string of the molecule is COC(=O)c1c(C)[nH]c(C(=O)CN2C(=O)NC3(CCCC3)C2=O)c1C. The van der Waals surface area contributed by atoms with Gasteiger partial charge in [0.05, 0.1) is 24.9 Å². The van der Waals surface area contributed by atoms with Gasteiger partial charge in [0.25, 0.3) is 5.91 Å². The number of methoxy groups -OCH3 is 1. The molecule has 2 aliphatic rings. The van der Waals surface area contributed by atoms with E-state index < -0.39 is 23.3 Å². The molecular formula is C17H21N3O5. The summed E-state index contributed by atoms with van der Waals surface area (Å²) < 4.78 is 4.72. The summed E-state index contributed by atoms with van der Waals surface area (Å²) in [4.78, 5) is 53.1. The fourth-order valence-corrected chi connectivity index (χ4v) is 3.80. The number of nitrogens with one attached hydrogen (secondary N) is 2. The van der Waals surface area contributed by atoms with Crippen LogP contribution in [0.25, 0.3) is 0 Å². The first-order chi connectivity index (χ1) is 11.8. The Kier molecular flexibility index (Phi) is 4.14. The molecule has 1 saturated carbocycles. The summed E-state index contributed by atoms with van der Waals surface area (Å²) in [6.45, 7) is 2.94. The Morgan fingerprint density at radius 2 is 1.84 bits per heavy atom. The topological polar surface area (TPSA) is 109 Å². The second-order valence-corrected chi connectivity index (χ2v) is 6.65. The van der Waals surface area contributed by atoms with Crippen LogP contribution in [0.4, 0.5) is 4.79 Å². The molecule has 134 valence electrons. The number of Topliss-reactive ketones (excluding diaryl/α,β-unsaturated/α-hetero) is 1. The number of imide groups is 1. The number of hydrogen-bond donors (Lipinski definition) is 2. The highest BCUT2D eigenvalue weighted by atomic mass is 16.5. The predicted octanol–water partition coefficient (Wildman–Crippen LogP) is 1.47. The molecule has 8 heteroatoms. The minimum Gasteiger partial charge on any atom is -0.465 e. The first-order valence-corrected chi connectivity index (χ1v) is 8.25. The Labute approximate surface area is 144 Å². The third kappa shape index (κ3) is 2.61. The van der Waals surface area contributed by atoms with Crippen molar-refractivity contribution in [3.8, 4) is 0 Å². The van der Waals surface area contributed by atoms with Crippen molar-refractivity contribution in [2.45, 2.75) is 45.1 Å². The molecule has 2 heterocycles. The van der Waals surface area contributed by atoms with Gasteiger partial charge in [-0.1, -0.05) is 12.8 Å². The van der Waals surface area contributed by atoms with E-state index in [0.29, 0.717) is 29.7 Å². The molecule has 1 saturated heterocycles. The highest BCUT2D eigenvalue weighted by Gasteiger charge is 2.52. The number of aromatic amines is 1. The van der Waals surface area contributed by atoms with Crippen LogP contribution in [-0.4, -0.2) is 52.8 Å². The van der Waals surface area contributed by atoms with Gasteiger partial charge in [0, 0.05) is 5.69 Å². The van der Waals surface area contributed by atoms with Crippen LogP contribution in [0.5, 0.6) is 0 Å². The van der Waals surface area contributed by atoms with E-state index in [1.807, 2.05) is 0 Å². The summed E-state index contributed by atoms with van der Waals surface area (Å²) >= 11 is 0. The van der Waals surface area contributed by atoms with E-state index in [4.69, 9.17) is 4.74 Å². The lowest BCUT2D eigenvalue weighted by molar-refractivity contribution is -0.130. The fraction of sp³-hybridized carbons (Fsp3) is 0.529. The maximum Gasteiger partial charge on any atom is 0.339 e. The van der Waals surface area contributed by atoms with E-state index >= 15 is 0 Å². The van der Waals surface area contributed by atoms with Gasteiger partial charge < -0.3 is 15.0 Å². The molecule has 25 heavy (non-hydrogen) atoms. The summed E-state index contributed by atoms with van der Waals surface area (Å²) in [5.41, 5.74) is 0.644. The fourth-order valence-electron chi connectivity index (χ4n) is 3.80. The van der Waals surface area contributed by atoms with Crippen LogP contribution in [0, 0.1) is 13.8 Å². The van der Waals surface area contributed by atoms with Gasteiger partial charge >= 0.3 is 12.0 Å². The maximum atomic E-state index is 12.6. The van der Waals surface area contributed by atoms with Crippen molar-refractivity contribution in [2.24, 2.45) is 0 Å². The third-order valence-corrected chi connectivity index (χ3v) is 5.11. The number of ketones is 1. The van der Waals surface area contributed by atoms with E-state index in [-0.39, 0.29) is 18.1 Å². The van der Waals surface area contributed by atoms with E-state index in [1.165, 1.54) is 7.11 Å². The van der Waals surface area contributed by atoms with Gasteiger partial charge in [-0.3, -0.25) is 14.5 Å². The zero-order valence-electron chi connectivity index (χ0n) is 14.5. The molecule has 2 fully saturated rings. The number of carbonyl (C=O) groups is 4. The van der Waals surface area contributed by atoms with E-state index in [9.17, 15) is 19.2 Å². The monoisotopic (exact) mass is 347 g/mol. The van der Waals surface area contributed by atoms with Gasteiger partial charge in [0.1, 0.15) is 5.54 Å². The number of nitrogens with zero attached hydrogens (tertiary/aromatic N) is 1. The molecule has 1 aromatic rings. The summed E-state index contributed by atoms with van der Waals surface area (Å²) in [7, 11) is 1.27. The van der Waals surface area contributed by atoms with Crippen molar-refractivity contribution in [1.29, 1.82) is 0 Å². The molecule has 0 aromatic carbocycles. The smallest absolute Gasteiger partial charge is 0.339 e. The Balaban J connectivity index is 1.82. The first kappa shape index (κ1) is 17.2. The minimum absolute atomic E-state index is 0.214. The second kappa shape index (κ2) is 6.02. The summed E-state index contributed by atoms with van der Waals surface area (Å²) in [5, 5.41) is 2.75. The Morgan fingerprint density at radius 3 is 2.44 bits per heavy atom. The maximum absolute atomic E-state index is 12.6. The number of H-pyrrole nitrogens is 1. The van der Waals surface area contributed by atoms with Gasteiger partial charge in [-0.2, -0.15) is 0 Å². The average Bonchev–Trinajstić information content (AvgIpc) is 3.22. The van der Waals surface area contributed by atoms with Gasteiger partial charge in [-0.25, -0.2) is 9.59 Å². The normalized spacial score (nSPS) is 18.8. The largest absolute Gasteiger partial charge is 0.465 e. The molecule has 1 aliphatic carbocycles. The van der Waals surface area contributed by atoms with Crippen LogP contribution >= 0.6 is 0 Å². The average molecular weight is 347 g/mol. The summed E-state index contributed by atoms with van der Waals surface area (Å²) in [6, 6.07) is -0.533. The lowest BCUT2D eigenvalue weighted by atomic mass is 9.98. The minimum atomic E-state index is -0.838. The molecule has 3 amide bonds. The molecule has 1 spiro atoms. The number of carbonyl (C=O) groups excluding carboxylic acids is 4. The van der Waals surface area contributed by atoms with E-state index in [2.05, 4.69) is 10.3 Å². The number of aromatic nitrogens is 1. The quantitative estimate of drug-likeness (QED) is 0.487. The number of hydrogen-bond acceptors (Lipinski definition) is 5. The second-order valence-electron chi connectivity index (χ2n) is 6.65. The molecule has 0 radical (unpaired) electrons. The molecule has 0 bridgehead atoms. The highest BCUT2D eigenvalue weighted by molar-refractivity contribution is 6.11. The van der Waals surface area contributed by atoms with Crippen LogP contribution in [0.15, 0.2) is 0 Å². The molecule has 0 unspecified atom stereocenters. The van der Waals surface area contributed by atoms with Crippen LogP contribution in [0.1, 0.15) is 57.8 Å². The van der Waals surface area contributed by atoms with Gasteiger partial charge in [-0.05, 0) is 32.3 Å². The van der Waals surface area contributed by atoms with Crippen molar-refractivity contribution < 1.29 is 23.9 Å². The number of esters is 1. The standard InChI is InChI=1S/C17H21N3O5/c1-9-12(14(22)25-3)10(2)18-13(9)11(21)8-20-15(23)17(19-16(20)24)6-4-5-7-17/h18H,4-8H2,1-3H3,(H,19,24). The van der Waals surface area contributed by atoms with Gasteiger partial charge in [0.2, 0.25) is 0 Å². The van der Waals surface area contributed by atoms with Crippen LogP contribution < -0.4 is 5.32 Å². The van der Waals surface area contributed by atoms with E-state index in [1.54, 1.807) is 13.8 Å². The number of rotatable bonds is 4. The number of amides is 3. The molecule has 2 N–H and O–H groups in total. The van der Waals surface area contributed by atoms with Gasteiger partial charge in [-0.15, -0.1) is 0 Å². The lowest BCUT2D eigenvalue weighted by Crippen LogP contribution is -2.44. The number of ether oxygens (including phenoxy) is 1. The molecule has 8 nitrogen and oxygen atoms in total. The predicted molar refractivity (Wildman–Crippen MR) is 87.4 cm³/mol. The molecule has 1 aliphatic heterocycles. The van der Waals surface area contributed by atoms with Crippen LogP contribution in [0.3, 0.4) is 0 Å². The van der Waals surface area contributed by atoms with Crippen molar-refractivity contribution >= 4 is 23.7 Å². The van der Waals surface area contributed by atoms with Crippen molar-refractivity contribution in [1.82, 2.24) is 15.2 Å². The van der Waals surface area contributed by atoms with Crippen molar-refractivity contribution in [2.75, 3.05) is 13.7 Å². The van der Waals surface area contributed by atoms with Crippen LogP contribution in [-0.2, 0) is 9.53 Å². The summed E-state index contributed by atoms with van der Waals surface area (Å²) in [5.74, 6) is -1.29. The summed E-state index contributed by atoms with van der Waals surface area (Å²) in [6.07, 6.45) is 2.97. The third-order valence-electron chi connectivity index (χ3n) is 5.11. The van der Waals surface area contributed by atoms with E-state index in [0.717, 1.165) is 17.7 Å². The Hall–Kier alpha value is -2.64. The molecule has 3 rings (SSSR count). The zero-order valence-corrected chi connectivity index (χ0v) is 14.5.